The Morgan fingerprint density at radius 1 is 1.05 bits per heavy atom. The molecule has 2 aromatic rings. The third-order valence-electron chi connectivity index (χ3n) is 3.91. The fraction of sp³-hybridized carbons (Fsp3) is 0.529. The highest BCUT2D eigenvalue weighted by atomic mass is 15.3. The minimum absolute atomic E-state index is 0.162. The number of benzene rings is 1. The molecule has 0 aliphatic rings. The highest BCUT2D eigenvalue weighted by Crippen LogP contribution is 2.24. The Kier molecular flexibility index (Phi) is 4.47. The molecular formula is C17H26N4. The molecule has 1 N–H and O–H groups in total. The van der Waals surface area contributed by atoms with Crippen LogP contribution in [0.2, 0.25) is 0 Å². The third kappa shape index (κ3) is 3.70. The standard InChI is InChI=1S/C17H26N4/c1-12(19-13(2)16-20-18-11-21(16)6)14-7-9-15(10-8-14)17(3,4)5/h7-13,19H,1-6H3. The van der Waals surface area contributed by atoms with Crippen molar-refractivity contribution < 1.29 is 0 Å². The zero-order chi connectivity index (χ0) is 15.6. The van der Waals surface area contributed by atoms with Gasteiger partial charge in [-0.05, 0) is 30.4 Å². The number of rotatable bonds is 4. The molecule has 0 aliphatic carbocycles. The Balaban J connectivity index is 2.07. The molecule has 4 heteroatoms. The first kappa shape index (κ1) is 15.7. The Labute approximate surface area is 127 Å². The molecule has 1 aromatic heterocycles. The zero-order valence-electron chi connectivity index (χ0n) is 13.9. The average Bonchev–Trinajstić information content (AvgIpc) is 2.84. The monoisotopic (exact) mass is 286 g/mol. The molecule has 0 amide bonds. The molecule has 21 heavy (non-hydrogen) atoms. The van der Waals surface area contributed by atoms with Crippen LogP contribution < -0.4 is 5.32 Å². The number of nitrogens with zero attached hydrogens (tertiary/aromatic N) is 3. The van der Waals surface area contributed by atoms with Gasteiger partial charge in [-0.3, -0.25) is 0 Å². The van der Waals surface area contributed by atoms with Gasteiger partial charge in [-0.2, -0.15) is 0 Å². The average molecular weight is 286 g/mol. The van der Waals surface area contributed by atoms with Crippen molar-refractivity contribution in [3.05, 3.63) is 47.5 Å². The number of aromatic nitrogens is 3. The topological polar surface area (TPSA) is 42.7 Å². The van der Waals surface area contributed by atoms with Gasteiger partial charge in [0.05, 0.1) is 6.04 Å². The molecule has 114 valence electrons. The van der Waals surface area contributed by atoms with Gasteiger partial charge in [-0.1, -0.05) is 45.0 Å². The summed E-state index contributed by atoms with van der Waals surface area (Å²) in [5.74, 6) is 0.952. The quantitative estimate of drug-likeness (QED) is 0.935. The fourth-order valence-corrected chi connectivity index (χ4v) is 2.50. The van der Waals surface area contributed by atoms with Crippen molar-refractivity contribution in [3.63, 3.8) is 0 Å². The van der Waals surface area contributed by atoms with Gasteiger partial charge in [0.25, 0.3) is 0 Å². The second kappa shape index (κ2) is 5.98. The van der Waals surface area contributed by atoms with Crippen molar-refractivity contribution in [2.24, 2.45) is 7.05 Å². The predicted octanol–water partition coefficient (Wildman–Crippen LogP) is 3.52. The molecule has 0 saturated carbocycles. The van der Waals surface area contributed by atoms with E-state index in [0.29, 0.717) is 0 Å². The molecule has 1 heterocycles. The summed E-state index contributed by atoms with van der Waals surface area (Å²) in [7, 11) is 1.97. The first-order chi connectivity index (χ1) is 9.79. The summed E-state index contributed by atoms with van der Waals surface area (Å²) in [5, 5.41) is 11.7. The molecule has 0 bridgehead atoms. The maximum absolute atomic E-state index is 4.16. The first-order valence-electron chi connectivity index (χ1n) is 7.49. The summed E-state index contributed by atoms with van der Waals surface area (Å²) in [4.78, 5) is 0. The van der Waals surface area contributed by atoms with Gasteiger partial charge < -0.3 is 9.88 Å². The van der Waals surface area contributed by atoms with Crippen LogP contribution >= 0.6 is 0 Å². The summed E-state index contributed by atoms with van der Waals surface area (Å²) < 4.78 is 1.95. The Morgan fingerprint density at radius 3 is 2.14 bits per heavy atom. The van der Waals surface area contributed by atoms with E-state index in [1.165, 1.54) is 11.1 Å². The minimum Gasteiger partial charge on any atom is -0.319 e. The minimum atomic E-state index is 0.162. The van der Waals surface area contributed by atoms with E-state index in [-0.39, 0.29) is 17.5 Å². The van der Waals surface area contributed by atoms with Crippen LogP contribution in [0.4, 0.5) is 0 Å². The summed E-state index contributed by atoms with van der Waals surface area (Å²) in [5.41, 5.74) is 2.85. The summed E-state index contributed by atoms with van der Waals surface area (Å²) in [6, 6.07) is 9.30. The SMILES string of the molecule is CC(NC(C)c1nncn1C)c1ccc(C(C)(C)C)cc1. The second-order valence-corrected chi connectivity index (χ2v) is 6.78. The van der Waals surface area contributed by atoms with Crippen molar-refractivity contribution >= 4 is 0 Å². The Morgan fingerprint density at radius 2 is 1.67 bits per heavy atom. The molecule has 0 radical (unpaired) electrons. The van der Waals surface area contributed by atoms with E-state index >= 15 is 0 Å². The number of hydrogen-bond acceptors (Lipinski definition) is 3. The first-order valence-corrected chi connectivity index (χ1v) is 7.49. The van der Waals surface area contributed by atoms with E-state index in [4.69, 9.17) is 0 Å². The van der Waals surface area contributed by atoms with E-state index in [1.807, 2.05) is 11.6 Å². The van der Waals surface area contributed by atoms with Gasteiger partial charge >= 0.3 is 0 Å². The van der Waals surface area contributed by atoms with Crippen molar-refractivity contribution in [1.82, 2.24) is 20.1 Å². The van der Waals surface area contributed by atoms with Crippen molar-refractivity contribution in [2.75, 3.05) is 0 Å². The van der Waals surface area contributed by atoms with E-state index < -0.39 is 0 Å². The lowest BCUT2D eigenvalue weighted by atomic mass is 9.86. The largest absolute Gasteiger partial charge is 0.319 e. The molecular weight excluding hydrogens is 260 g/mol. The van der Waals surface area contributed by atoms with Crippen LogP contribution in [0.5, 0.6) is 0 Å². The van der Waals surface area contributed by atoms with E-state index in [2.05, 4.69) is 74.4 Å². The molecule has 2 unspecified atom stereocenters. The zero-order valence-corrected chi connectivity index (χ0v) is 13.9. The highest BCUT2D eigenvalue weighted by Gasteiger charge is 2.17. The van der Waals surface area contributed by atoms with E-state index in [9.17, 15) is 0 Å². The summed E-state index contributed by atoms with van der Waals surface area (Å²) in [6.07, 6.45) is 1.73. The van der Waals surface area contributed by atoms with Crippen LogP contribution in [0.25, 0.3) is 0 Å². The molecule has 0 saturated heterocycles. The number of aryl methyl sites for hydroxylation is 1. The molecule has 0 fully saturated rings. The molecule has 0 spiro atoms. The Hall–Kier alpha value is -1.68. The van der Waals surface area contributed by atoms with Crippen LogP contribution in [0, 0.1) is 0 Å². The number of hydrogen-bond donors (Lipinski definition) is 1. The lowest BCUT2D eigenvalue weighted by Gasteiger charge is -2.22. The van der Waals surface area contributed by atoms with Crippen molar-refractivity contribution in [1.29, 1.82) is 0 Å². The van der Waals surface area contributed by atoms with Gasteiger partial charge in [-0.15, -0.1) is 10.2 Å². The third-order valence-corrected chi connectivity index (χ3v) is 3.91. The van der Waals surface area contributed by atoms with Crippen LogP contribution in [0.15, 0.2) is 30.6 Å². The van der Waals surface area contributed by atoms with Gasteiger partial charge in [0.15, 0.2) is 0 Å². The maximum atomic E-state index is 4.16. The van der Waals surface area contributed by atoms with Gasteiger partial charge in [-0.25, -0.2) is 0 Å². The molecule has 1 aromatic carbocycles. The van der Waals surface area contributed by atoms with Crippen LogP contribution in [0.1, 0.15) is 63.7 Å². The van der Waals surface area contributed by atoms with Crippen LogP contribution in [0.3, 0.4) is 0 Å². The van der Waals surface area contributed by atoms with Gasteiger partial charge in [0.2, 0.25) is 0 Å². The molecule has 4 nitrogen and oxygen atoms in total. The fourth-order valence-electron chi connectivity index (χ4n) is 2.50. The predicted molar refractivity (Wildman–Crippen MR) is 86.1 cm³/mol. The maximum Gasteiger partial charge on any atom is 0.149 e. The molecule has 2 rings (SSSR count). The normalized spacial score (nSPS) is 15.0. The van der Waals surface area contributed by atoms with Crippen LogP contribution in [-0.2, 0) is 12.5 Å². The van der Waals surface area contributed by atoms with Gasteiger partial charge in [0.1, 0.15) is 12.2 Å². The van der Waals surface area contributed by atoms with Crippen molar-refractivity contribution in [3.8, 4) is 0 Å². The second-order valence-electron chi connectivity index (χ2n) is 6.78. The molecule has 0 aliphatic heterocycles. The molecule has 2 atom stereocenters. The highest BCUT2D eigenvalue weighted by molar-refractivity contribution is 5.29. The van der Waals surface area contributed by atoms with E-state index in [1.54, 1.807) is 6.33 Å². The van der Waals surface area contributed by atoms with E-state index in [0.717, 1.165) is 5.82 Å². The Bertz CT molecular complexity index is 578. The summed E-state index contributed by atoms with van der Waals surface area (Å²) in [6.45, 7) is 11.0. The smallest absolute Gasteiger partial charge is 0.149 e. The summed E-state index contributed by atoms with van der Waals surface area (Å²) >= 11 is 0. The van der Waals surface area contributed by atoms with Crippen molar-refractivity contribution in [2.45, 2.75) is 52.1 Å². The van der Waals surface area contributed by atoms with Crippen LogP contribution in [-0.4, -0.2) is 14.8 Å². The van der Waals surface area contributed by atoms with Gasteiger partial charge in [0, 0.05) is 13.1 Å². The lowest BCUT2D eigenvalue weighted by molar-refractivity contribution is 0.465. The lowest BCUT2D eigenvalue weighted by Crippen LogP contribution is -2.24. The number of nitrogens with one attached hydrogen (secondary N) is 1.